The number of hydrogen-bond donors (Lipinski definition) is 2. The lowest BCUT2D eigenvalue weighted by atomic mass is 9.99. The third-order valence-corrected chi connectivity index (χ3v) is 2.06. The molecular formula is C8H7N3O3. The van der Waals surface area contributed by atoms with E-state index in [1.54, 1.807) is 0 Å². The Bertz CT molecular complexity index is 413. The summed E-state index contributed by atoms with van der Waals surface area (Å²) >= 11 is 0. The summed E-state index contributed by atoms with van der Waals surface area (Å²) in [6, 6.07) is 0. The molecule has 0 fully saturated rings. The number of imidazole rings is 1. The number of Topliss-reactive ketones (excluding diaryl/α,β-unsaturated/α-hetero) is 2. The molecule has 14 heavy (non-hydrogen) atoms. The van der Waals surface area contributed by atoms with Crippen LogP contribution in [0.15, 0.2) is 0 Å². The van der Waals surface area contributed by atoms with Gasteiger partial charge < -0.3 is 10.7 Å². The van der Waals surface area contributed by atoms with Gasteiger partial charge in [0.25, 0.3) is 5.91 Å². The van der Waals surface area contributed by atoms with Crippen molar-refractivity contribution >= 4 is 17.5 Å². The normalized spacial score (nSPS) is 15.4. The molecule has 0 aromatic carbocycles. The van der Waals surface area contributed by atoms with Crippen molar-refractivity contribution in [2.75, 3.05) is 0 Å². The Hall–Kier alpha value is -1.98. The number of carbonyl (C=O) groups excluding carboxylic acids is 3. The molecule has 0 bridgehead atoms. The molecule has 0 aliphatic heterocycles. The summed E-state index contributed by atoms with van der Waals surface area (Å²) in [6.07, 6.45) is 0.307. The highest BCUT2D eigenvalue weighted by atomic mass is 16.2. The molecule has 0 spiro atoms. The van der Waals surface area contributed by atoms with Crippen molar-refractivity contribution in [2.45, 2.75) is 12.8 Å². The lowest BCUT2D eigenvalue weighted by Gasteiger charge is -2.05. The van der Waals surface area contributed by atoms with Crippen LogP contribution in [0.2, 0.25) is 0 Å². The second kappa shape index (κ2) is 2.76. The summed E-state index contributed by atoms with van der Waals surface area (Å²) in [5.74, 6) is -1.36. The van der Waals surface area contributed by atoms with Crippen LogP contribution in [0.3, 0.4) is 0 Å². The molecule has 1 aromatic rings. The molecule has 0 saturated carbocycles. The van der Waals surface area contributed by atoms with Gasteiger partial charge in [-0.3, -0.25) is 14.4 Å². The predicted octanol–water partition coefficient (Wildman–Crippen LogP) is -0.332. The van der Waals surface area contributed by atoms with Crippen LogP contribution < -0.4 is 5.73 Å². The van der Waals surface area contributed by atoms with E-state index in [4.69, 9.17) is 5.73 Å². The monoisotopic (exact) mass is 193 g/mol. The first kappa shape index (κ1) is 8.61. The van der Waals surface area contributed by atoms with E-state index in [1.165, 1.54) is 0 Å². The first-order chi connectivity index (χ1) is 6.59. The van der Waals surface area contributed by atoms with Crippen molar-refractivity contribution in [3.63, 3.8) is 0 Å². The maximum atomic E-state index is 11.3. The van der Waals surface area contributed by atoms with Gasteiger partial charge in [-0.2, -0.15) is 0 Å². The van der Waals surface area contributed by atoms with Crippen LogP contribution >= 0.6 is 0 Å². The highest BCUT2D eigenvalue weighted by Gasteiger charge is 2.28. The maximum absolute atomic E-state index is 11.3. The summed E-state index contributed by atoms with van der Waals surface area (Å²) in [4.78, 5) is 39.4. The van der Waals surface area contributed by atoms with E-state index in [2.05, 4.69) is 9.97 Å². The van der Waals surface area contributed by atoms with Crippen molar-refractivity contribution in [3.8, 4) is 0 Å². The van der Waals surface area contributed by atoms with E-state index in [1.807, 2.05) is 0 Å². The molecule has 0 saturated heterocycles. The number of aromatic nitrogens is 2. The first-order valence-corrected chi connectivity index (χ1v) is 4.06. The maximum Gasteiger partial charge on any atom is 0.284 e. The fourth-order valence-electron chi connectivity index (χ4n) is 1.36. The standard InChI is InChI=1S/C8H7N3O3/c9-7(14)8-10-5-3(12)1-2-4(13)6(5)11-8/h1-2H2,(H2,9,14)(H,10,11). The molecule has 0 atom stereocenters. The van der Waals surface area contributed by atoms with Crippen molar-refractivity contribution in [1.29, 1.82) is 0 Å². The third-order valence-electron chi connectivity index (χ3n) is 2.06. The molecule has 6 nitrogen and oxygen atoms in total. The number of nitrogens with zero attached hydrogens (tertiary/aromatic N) is 1. The van der Waals surface area contributed by atoms with Crippen LogP contribution in [0.4, 0.5) is 0 Å². The first-order valence-electron chi connectivity index (χ1n) is 4.06. The van der Waals surface area contributed by atoms with Crippen LogP contribution in [0, 0.1) is 0 Å². The number of fused-ring (bicyclic) bond motifs is 1. The number of amides is 1. The summed E-state index contributed by atoms with van der Waals surface area (Å²) in [5, 5.41) is 0. The number of primary amides is 1. The number of aromatic amines is 1. The van der Waals surface area contributed by atoms with Crippen LogP contribution in [-0.4, -0.2) is 27.4 Å². The lowest BCUT2D eigenvalue weighted by molar-refractivity contribution is 0.0885. The summed E-state index contributed by atoms with van der Waals surface area (Å²) < 4.78 is 0. The average Bonchev–Trinajstić information content (AvgIpc) is 2.57. The van der Waals surface area contributed by atoms with Gasteiger partial charge in [0.2, 0.25) is 0 Å². The Morgan fingerprint density at radius 2 is 1.93 bits per heavy atom. The number of rotatable bonds is 1. The van der Waals surface area contributed by atoms with E-state index in [0.29, 0.717) is 0 Å². The van der Waals surface area contributed by atoms with E-state index in [9.17, 15) is 14.4 Å². The molecule has 1 aliphatic carbocycles. The van der Waals surface area contributed by atoms with Gasteiger partial charge >= 0.3 is 0 Å². The zero-order valence-corrected chi connectivity index (χ0v) is 7.16. The molecule has 0 unspecified atom stereocenters. The lowest BCUT2D eigenvalue weighted by Crippen LogP contribution is -2.16. The Morgan fingerprint density at radius 1 is 1.29 bits per heavy atom. The Morgan fingerprint density at radius 3 is 2.50 bits per heavy atom. The van der Waals surface area contributed by atoms with Crippen LogP contribution in [0.1, 0.15) is 44.4 Å². The number of ketones is 2. The fraction of sp³-hybridized carbons (Fsp3) is 0.250. The minimum Gasteiger partial charge on any atom is -0.363 e. The molecule has 6 heteroatoms. The molecule has 1 aliphatic rings. The predicted molar refractivity (Wildman–Crippen MR) is 45.0 cm³/mol. The summed E-state index contributed by atoms with van der Waals surface area (Å²) in [7, 11) is 0. The van der Waals surface area contributed by atoms with E-state index >= 15 is 0 Å². The van der Waals surface area contributed by atoms with E-state index < -0.39 is 5.91 Å². The smallest absolute Gasteiger partial charge is 0.284 e. The molecule has 1 heterocycles. The van der Waals surface area contributed by atoms with Crippen molar-refractivity contribution in [3.05, 3.63) is 17.2 Å². The minimum atomic E-state index is -0.778. The highest BCUT2D eigenvalue weighted by molar-refractivity contribution is 6.12. The Kier molecular flexibility index (Phi) is 1.70. The van der Waals surface area contributed by atoms with Crippen molar-refractivity contribution in [2.24, 2.45) is 5.73 Å². The number of hydrogen-bond acceptors (Lipinski definition) is 4. The summed E-state index contributed by atoms with van der Waals surface area (Å²) in [6.45, 7) is 0. The van der Waals surface area contributed by atoms with Crippen LogP contribution in [0.5, 0.6) is 0 Å². The van der Waals surface area contributed by atoms with Gasteiger partial charge in [-0.1, -0.05) is 0 Å². The molecule has 2 rings (SSSR count). The van der Waals surface area contributed by atoms with E-state index in [-0.39, 0.29) is 41.6 Å². The number of nitrogens with two attached hydrogens (primary N) is 1. The molecule has 3 N–H and O–H groups in total. The molecular weight excluding hydrogens is 186 g/mol. The van der Waals surface area contributed by atoms with Gasteiger partial charge in [0.15, 0.2) is 17.4 Å². The SMILES string of the molecule is NC(=O)c1nc2c([nH]1)C(=O)CCC2=O. The largest absolute Gasteiger partial charge is 0.363 e. The van der Waals surface area contributed by atoms with Gasteiger partial charge in [-0.15, -0.1) is 0 Å². The minimum absolute atomic E-state index is 0.0371. The molecule has 1 amide bonds. The van der Waals surface area contributed by atoms with Gasteiger partial charge in [-0.05, 0) is 0 Å². The van der Waals surface area contributed by atoms with Crippen molar-refractivity contribution < 1.29 is 14.4 Å². The van der Waals surface area contributed by atoms with Crippen molar-refractivity contribution in [1.82, 2.24) is 9.97 Å². The fourth-order valence-corrected chi connectivity index (χ4v) is 1.36. The van der Waals surface area contributed by atoms with Gasteiger partial charge in [0.1, 0.15) is 11.4 Å². The number of carbonyl (C=O) groups is 3. The molecule has 72 valence electrons. The van der Waals surface area contributed by atoms with Gasteiger partial charge in [-0.25, -0.2) is 4.98 Å². The Labute approximate surface area is 78.5 Å². The molecule has 0 radical (unpaired) electrons. The third kappa shape index (κ3) is 1.12. The number of nitrogens with one attached hydrogen (secondary N) is 1. The second-order valence-electron chi connectivity index (χ2n) is 3.02. The zero-order valence-electron chi connectivity index (χ0n) is 7.16. The van der Waals surface area contributed by atoms with E-state index in [0.717, 1.165) is 0 Å². The quantitative estimate of drug-likeness (QED) is 0.636. The second-order valence-corrected chi connectivity index (χ2v) is 3.02. The molecule has 1 aromatic heterocycles. The highest BCUT2D eigenvalue weighted by Crippen LogP contribution is 2.18. The average molecular weight is 193 g/mol. The Balaban J connectivity index is 2.57. The zero-order chi connectivity index (χ0) is 10.3. The van der Waals surface area contributed by atoms with Crippen LogP contribution in [-0.2, 0) is 0 Å². The summed E-state index contributed by atoms with van der Waals surface area (Å²) in [5.41, 5.74) is 5.11. The van der Waals surface area contributed by atoms with Gasteiger partial charge in [0, 0.05) is 12.8 Å². The topological polar surface area (TPSA) is 106 Å². The van der Waals surface area contributed by atoms with Crippen LogP contribution in [0.25, 0.3) is 0 Å². The number of H-pyrrole nitrogens is 1. The van der Waals surface area contributed by atoms with Gasteiger partial charge in [0.05, 0.1) is 0 Å².